The molecule has 0 aromatic carbocycles. The maximum Gasteiger partial charge on any atom is 0.156 e. The molecule has 0 atom stereocenters. The largest absolute Gasteiger partial charge is 0.353 e. The first-order valence-corrected chi connectivity index (χ1v) is 5.67. The van der Waals surface area contributed by atoms with Crippen LogP contribution in [-0.4, -0.2) is 40.5 Å². The van der Waals surface area contributed by atoms with Crippen molar-refractivity contribution < 1.29 is 0 Å². The highest BCUT2D eigenvalue weighted by Crippen LogP contribution is 2.16. The molecule has 1 aliphatic rings. The summed E-state index contributed by atoms with van der Waals surface area (Å²) in [7, 11) is 0. The molecule has 1 fully saturated rings. The van der Waals surface area contributed by atoms with Crippen LogP contribution in [0, 0.1) is 0 Å². The van der Waals surface area contributed by atoms with Crippen LogP contribution in [0.2, 0.25) is 5.15 Å². The predicted molar refractivity (Wildman–Crippen MR) is 63.1 cm³/mol. The van der Waals surface area contributed by atoms with Gasteiger partial charge in [-0.3, -0.25) is 4.40 Å². The molecule has 0 spiro atoms. The number of anilines is 1. The molecule has 0 aliphatic carbocycles. The Bertz CT molecular complexity index is 503. The fourth-order valence-electron chi connectivity index (χ4n) is 1.91. The Hall–Kier alpha value is -1.33. The summed E-state index contributed by atoms with van der Waals surface area (Å²) in [5.41, 5.74) is 0.781. The smallest absolute Gasteiger partial charge is 0.156 e. The molecule has 2 aromatic heterocycles. The van der Waals surface area contributed by atoms with Crippen LogP contribution in [0.3, 0.4) is 0 Å². The van der Waals surface area contributed by atoms with Gasteiger partial charge in [0.25, 0.3) is 0 Å². The second-order valence-corrected chi connectivity index (χ2v) is 4.18. The van der Waals surface area contributed by atoms with Crippen molar-refractivity contribution in [1.82, 2.24) is 19.7 Å². The van der Waals surface area contributed by atoms with Gasteiger partial charge in [-0.1, -0.05) is 11.6 Å². The molecule has 3 heterocycles. The average Bonchev–Trinajstić information content (AvgIpc) is 2.72. The van der Waals surface area contributed by atoms with Gasteiger partial charge in [-0.15, -0.1) is 0 Å². The molecule has 1 aliphatic heterocycles. The Morgan fingerprint density at radius 3 is 2.81 bits per heavy atom. The lowest BCUT2D eigenvalue weighted by Gasteiger charge is -2.28. The number of nitrogens with zero attached hydrogens (tertiary/aromatic N) is 4. The van der Waals surface area contributed by atoms with Crippen LogP contribution < -0.4 is 10.2 Å². The van der Waals surface area contributed by atoms with Crippen molar-refractivity contribution in [3.63, 3.8) is 0 Å². The van der Waals surface area contributed by atoms with Gasteiger partial charge in [0.15, 0.2) is 5.65 Å². The number of hydrogen-bond acceptors (Lipinski definition) is 4. The number of nitrogens with one attached hydrogen (secondary N) is 1. The minimum absolute atomic E-state index is 0.619. The molecule has 0 bridgehead atoms. The third kappa shape index (κ3) is 1.62. The van der Waals surface area contributed by atoms with Crippen LogP contribution in [0.4, 0.5) is 5.82 Å². The van der Waals surface area contributed by atoms with Crippen molar-refractivity contribution in [2.24, 2.45) is 0 Å². The summed E-state index contributed by atoms with van der Waals surface area (Å²) in [6.07, 6.45) is 5.33. The number of piperazine rings is 1. The molecular formula is C10H12ClN5. The van der Waals surface area contributed by atoms with E-state index in [9.17, 15) is 0 Å². The van der Waals surface area contributed by atoms with Crippen molar-refractivity contribution in [1.29, 1.82) is 0 Å². The average molecular weight is 238 g/mol. The number of fused-ring (bicyclic) bond motifs is 1. The van der Waals surface area contributed by atoms with Crippen LogP contribution in [0.5, 0.6) is 0 Å². The second kappa shape index (κ2) is 3.92. The van der Waals surface area contributed by atoms with Gasteiger partial charge < -0.3 is 10.2 Å². The van der Waals surface area contributed by atoms with Crippen LogP contribution >= 0.6 is 11.6 Å². The molecule has 2 aromatic rings. The molecule has 1 saturated heterocycles. The molecule has 1 N–H and O–H groups in total. The van der Waals surface area contributed by atoms with Gasteiger partial charge in [-0.2, -0.15) is 0 Å². The van der Waals surface area contributed by atoms with Gasteiger partial charge >= 0.3 is 0 Å². The highest BCUT2D eigenvalue weighted by Gasteiger charge is 2.12. The van der Waals surface area contributed by atoms with Gasteiger partial charge in [-0.05, 0) is 0 Å². The number of rotatable bonds is 1. The fourth-order valence-corrected chi connectivity index (χ4v) is 2.09. The first-order valence-electron chi connectivity index (χ1n) is 5.29. The molecule has 0 unspecified atom stereocenters. The van der Waals surface area contributed by atoms with Gasteiger partial charge in [0.2, 0.25) is 0 Å². The molecule has 0 radical (unpaired) electrons. The Kier molecular flexibility index (Phi) is 2.41. The normalized spacial score (nSPS) is 16.9. The van der Waals surface area contributed by atoms with E-state index in [1.54, 1.807) is 12.4 Å². The van der Waals surface area contributed by atoms with E-state index in [4.69, 9.17) is 11.6 Å². The van der Waals surface area contributed by atoms with Gasteiger partial charge in [0.1, 0.15) is 11.0 Å². The van der Waals surface area contributed by atoms with Crippen molar-refractivity contribution in [3.8, 4) is 0 Å². The van der Waals surface area contributed by atoms with Crippen molar-refractivity contribution in [2.45, 2.75) is 0 Å². The molecule has 0 saturated carbocycles. The molecule has 5 nitrogen and oxygen atoms in total. The number of hydrogen-bond donors (Lipinski definition) is 1. The molecule has 6 heteroatoms. The zero-order valence-electron chi connectivity index (χ0n) is 8.73. The number of halogens is 1. The first kappa shape index (κ1) is 9.86. The van der Waals surface area contributed by atoms with Gasteiger partial charge in [0, 0.05) is 26.2 Å². The van der Waals surface area contributed by atoms with Gasteiger partial charge in [-0.25, -0.2) is 9.97 Å². The lowest BCUT2D eigenvalue weighted by atomic mass is 10.3. The molecule has 84 valence electrons. The van der Waals surface area contributed by atoms with Crippen molar-refractivity contribution in [3.05, 3.63) is 23.7 Å². The SMILES string of the molecule is Clc1cnc2cnc(N3CCNCC3)cn12. The van der Waals surface area contributed by atoms with Crippen LogP contribution in [0.25, 0.3) is 5.65 Å². The molecular weight excluding hydrogens is 226 g/mol. The van der Waals surface area contributed by atoms with E-state index >= 15 is 0 Å². The third-order valence-corrected chi connectivity index (χ3v) is 3.06. The standard InChI is InChI=1S/C10H12ClN5/c11-8-5-13-9-6-14-10(7-16(8)9)15-3-1-12-2-4-15/h5-7,12H,1-4H2. The van der Waals surface area contributed by atoms with Crippen molar-refractivity contribution >= 4 is 23.1 Å². The van der Waals surface area contributed by atoms with E-state index in [1.807, 2.05) is 10.6 Å². The summed E-state index contributed by atoms with van der Waals surface area (Å²) in [6, 6.07) is 0. The van der Waals surface area contributed by atoms with E-state index in [0.29, 0.717) is 5.15 Å². The Balaban J connectivity index is 1.99. The highest BCUT2D eigenvalue weighted by atomic mass is 35.5. The van der Waals surface area contributed by atoms with Crippen LogP contribution in [-0.2, 0) is 0 Å². The Labute approximate surface area is 98.1 Å². The zero-order valence-corrected chi connectivity index (χ0v) is 9.48. The van der Waals surface area contributed by atoms with E-state index < -0.39 is 0 Å². The second-order valence-electron chi connectivity index (χ2n) is 3.79. The highest BCUT2D eigenvalue weighted by molar-refractivity contribution is 6.29. The van der Waals surface area contributed by atoms with Crippen LogP contribution in [0.1, 0.15) is 0 Å². The topological polar surface area (TPSA) is 45.5 Å². The van der Waals surface area contributed by atoms with E-state index in [1.165, 1.54) is 0 Å². The monoisotopic (exact) mass is 237 g/mol. The minimum atomic E-state index is 0.619. The Morgan fingerprint density at radius 1 is 1.19 bits per heavy atom. The number of imidazole rings is 1. The molecule has 3 rings (SSSR count). The maximum absolute atomic E-state index is 6.03. The predicted octanol–water partition coefficient (Wildman–Crippen LogP) is 0.792. The summed E-state index contributed by atoms with van der Waals surface area (Å²) < 4.78 is 1.85. The van der Waals surface area contributed by atoms with Crippen molar-refractivity contribution in [2.75, 3.05) is 31.1 Å². The molecule has 0 amide bonds. The fraction of sp³-hybridized carbons (Fsp3) is 0.400. The molecule has 16 heavy (non-hydrogen) atoms. The summed E-state index contributed by atoms with van der Waals surface area (Å²) in [4.78, 5) is 10.8. The summed E-state index contributed by atoms with van der Waals surface area (Å²) >= 11 is 6.03. The van der Waals surface area contributed by atoms with Crippen LogP contribution in [0.15, 0.2) is 18.6 Å². The minimum Gasteiger partial charge on any atom is -0.353 e. The Morgan fingerprint density at radius 2 is 2.00 bits per heavy atom. The lowest BCUT2D eigenvalue weighted by molar-refractivity contribution is 0.584. The van der Waals surface area contributed by atoms with E-state index in [0.717, 1.165) is 37.6 Å². The van der Waals surface area contributed by atoms with Gasteiger partial charge in [0.05, 0.1) is 18.6 Å². The summed E-state index contributed by atoms with van der Waals surface area (Å²) in [5, 5.41) is 3.93. The quantitative estimate of drug-likeness (QED) is 0.797. The first-order chi connectivity index (χ1) is 7.84. The summed E-state index contributed by atoms with van der Waals surface area (Å²) in [5.74, 6) is 0.953. The zero-order chi connectivity index (χ0) is 11.0. The third-order valence-electron chi connectivity index (χ3n) is 2.78. The van der Waals surface area contributed by atoms with E-state index in [2.05, 4.69) is 20.2 Å². The summed E-state index contributed by atoms with van der Waals surface area (Å²) in [6.45, 7) is 3.95. The number of aromatic nitrogens is 3. The maximum atomic E-state index is 6.03. The van der Waals surface area contributed by atoms with E-state index in [-0.39, 0.29) is 0 Å². The lowest BCUT2D eigenvalue weighted by Crippen LogP contribution is -2.43.